The molecular formula is C23H28N4O4S. The van der Waals surface area contributed by atoms with E-state index < -0.39 is 0 Å². The quantitative estimate of drug-likeness (QED) is 0.446. The molecule has 1 heterocycles. The molecule has 0 atom stereocenters. The van der Waals surface area contributed by atoms with E-state index in [4.69, 9.17) is 9.47 Å². The molecule has 32 heavy (non-hydrogen) atoms. The van der Waals surface area contributed by atoms with Crippen molar-refractivity contribution in [2.24, 2.45) is 0 Å². The first-order valence-electron chi connectivity index (χ1n) is 10.4. The van der Waals surface area contributed by atoms with Gasteiger partial charge in [0.05, 0.1) is 20.0 Å². The molecule has 0 saturated carbocycles. The Labute approximate surface area is 191 Å². The van der Waals surface area contributed by atoms with Gasteiger partial charge >= 0.3 is 5.69 Å². The van der Waals surface area contributed by atoms with Gasteiger partial charge in [0, 0.05) is 19.6 Å². The van der Waals surface area contributed by atoms with E-state index in [-0.39, 0.29) is 17.3 Å². The van der Waals surface area contributed by atoms with Crippen molar-refractivity contribution in [3.05, 3.63) is 70.1 Å². The fraction of sp³-hybridized carbons (Fsp3) is 0.348. The summed E-state index contributed by atoms with van der Waals surface area (Å²) < 4.78 is 12.2. The number of nitrogens with zero attached hydrogens (tertiary/aromatic N) is 3. The summed E-state index contributed by atoms with van der Waals surface area (Å²) in [5.74, 6) is 1.43. The minimum Gasteiger partial charge on any atom is -0.493 e. The highest BCUT2D eigenvalue weighted by molar-refractivity contribution is 7.99. The normalized spacial score (nSPS) is 10.7. The van der Waals surface area contributed by atoms with Gasteiger partial charge < -0.3 is 14.4 Å². The predicted octanol–water partition coefficient (Wildman–Crippen LogP) is 2.97. The van der Waals surface area contributed by atoms with Gasteiger partial charge in [0.2, 0.25) is 5.91 Å². The summed E-state index contributed by atoms with van der Waals surface area (Å²) in [4.78, 5) is 26.8. The fourth-order valence-corrected chi connectivity index (χ4v) is 4.16. The van der Waals surface area contributed by atoms with Gasteiger partial charge in [-0.15, -0.1) is 5.10 Å². The SMILES string of the molecule is CCN(Cc1ccc(OC)c(OC)c1)C(=O)CSc1n[nH]c(=O)n1CCc1ccccc1. The number of H-pyrrole nitrogens is 1. The third-order valence-electron chi connectivity index (χ3n) is 5.07. The van der Waals surface area contributed by atoms with Crippen molar-refractivity contribution in [3.63, 3.8) is 0 Å². The second-order valence-corrected chi connectivity index (χ2v) is 8.03. The Morgan fingerprint density at radius 3 is 2.53 bits per heavy atom. The zero-order valence-electron chi connectivity index (χ0n) is 18.5. The summed E-state index contributed by atoms with van der Waals surface area (Å²) in [7, 11) is 3.17. The Kier molecular flexibility index (Phi) is 8.38. The van der Waals surface area contributed by atoms with Gasteiger partial charge in [0.1, 0.15) is 0 Å². The highest BCUT2D eigenvalue weighted by Crippen LogP contribution is 2.28. The minimum atomic E-state index is -0.270. The third-order valence-corrected chi connectivity index (χ3v) is 6.03. The van der Waals surface area contributed by atoms with Crippen molar-refractivity contribution >= 4 is 17.7 Å². The molecule has 0 saturated heterocycles. The van der Waals surface area contributed by atoms with Crippen LogP contribution in [0.25, 0.3) is 0 Å². The highest BCUT2D eigenvalue weighted by Gasteiger charge is 2.17. The number of benzene rings is 2. The third kappa shape index (κ3) is 5.94. The average molecular weight is 457 g/mol. The van der Waals surface area contributed by atoms with Crippen LogP contribution in [0.15, 0.2) is 58.5 Å². The number of nitrogens with one attached hydrogen (secondary N) is 1. The van der Waals surface area contributed by atoms with Crippen molar-refractivity contribution in [2.75, 3.05) is 26.5 Å². The maximum absolute atomic E-state index is 12.9. The van der Waals surface area contributed by atoms with Crippen LogP contribution in [0, 0.1) is 0 Å². The van der Waals surface area contributed by atoms with Crippen molar-refractivity contribution in [2.45, 2.75) is 31.6 Å². The summed E-state index contributed by atoms with van der Waals surface area (Å²) >= 11 is 1.26. The molecule has 1 N–H and O–H groups in total. The van der Waals surface area contributed by atoms with E-state index in [0.29, 0.717) is 42.7 Å². The smallest absolute Gasteiger partial charge is 0.343 e. The molecule has 0 aliphatic rings. The first-order valence-corrected chi connectivity index (χ1v) is 11.3. The van der Waals surface area contributed by atoms with Crippen molar-refractivity contribution < 1.29 is 14.3 Å². The fourth-order valence-electron chi connectivity index (χ4n) is 3.29. The van der Waals surface area contributed by atoms with Crippen LogP contribution in [0.2, 0.25) is 0 Å². The number of aryl methyl sites for hydroxylation is 1. The first kappa shape index (κ1) is 23.5. The Bertz CT molecular complexity index is 1080. The van der Waals surface area contributed by atoms with Gasteiger partial charge in [-0.1, -0.05) is 48.2 Å². The van der Waals surface area contributed by atoms with Crippen LogP contribution in [-0.2, 0) is 24.3 Å². The lowest BCUT2D eigenvalue weighted by molar-refractivity contribution is -0.128. The number of amides is 1. The van der Waals surface area contributed by atoms with E-state index >= 15 is 0 Å². The number of rotatable bonds is 11. The van der Waals surface area contributed by atoms with E-state index in [2.05, 4.69) is 10.2 Å². The molecular weight excluding hydrogens is 428 g/mol. The van der Waals surface area contributed by atoms with Crippen LogP contribution in [0.3, 0.4) is 0 Å². The Morgan fingerprint density at radius 1 is 1.09 bits per heavy atom. The molecule has 8 nitrogen and oxygen atoms in total. The number of thioether (sulfide) groups is 1. The molecule has 0 radical (unpaired) electrons. The van der Waals surface area contributed by atoms with Gasteiger partial charge in [0.15, 0.2) is 16.7 Å². The maximum Gasteiger partial charge on any atom is 0.343 e. The van der Waals surface area contributed by atoms with Gasteiger partial charge in [-0.3, -0.25) is 9.36 Å². The number of carbonyl (C=O) groups is 1. The number of methoxy groups -OCH3 is 2. The van der Waals surface area contributed by atoms with Crippen molar-refractivity contribution in [1.29, 1.82) is 0 Å². The van der Waals surface area contributed by atoms with Crippen LogP contribution >= 0.6 is 11.8 Å². The second-order valence-electron chi connectivity index (χ2n) is 7.08. The molecule has 9 heteroatoms. The van der Waals surface area contributed by atoms with Crippen molar-refractivity contribution in [1.82, 2.24) is 19.7 Å². The molecule has 3 aromatic rings. The molecule has 0 spiro atoms. The topological polar surface area (TPSA) is 89.5 Å². The standard InChI is InChI=1S/C23H28N4O4S/c1-4-26(15-18-10-11-19(30-2)20(14-18)31-3)21(28)16-32-23-25-24-22(29)27(23)13-12-17-8-6-5-7-9-17/h5-11,14H,4,12-13,15-16H2,1-3H3,(H,24,29). The van der Waals surface area contributed by atoms with Gasteiger partial charge in [0.25, 0.3) is 0 Å². The van der Waals surface area contributed by atoms with Crippen LogP contribution in [0.4, 0.5) is 0 Å². The second kappa shape index (κ2) is 11.4. The number of hydrogen-bond acceptors (Lipinski definition) is 6. The van der Waals surface area contributed by atoms with Crippen LogP contribution in [0.5, 0.6) is 11.5 Å². The number of hydrogen-bond donors (Lipinski definition) is 1. The lowest BCUT2D eigenvalue weighted by atomic mass is 10.1. The number of carbonyl (C=O) groups excluding carboxylic acids is 1. The van der Waals surface area contributed by atoms with Gasteiger partial charge in [-0.2, -0.15) is 0 Å². The largest absolute Gasteiger partial charge is 0.493 e. The lowest BCUT2D eigenvalue weighted by Crippen LogP contribution is -2.32. The molecule has 1 aromatic heterocycles. The first-order chi connectivity index (χ1) is 15.5. The highest BCUT2D eigenvalue weighted by atomic mass is 32.2. The zero-order chi connectivity index (χ0) is 22.9. The van der Waals surface area contributed by atoms with E-state index in [1.54, 1.807) is 23.7 Å². The molecule has 0 aliphatic heterocycles. The van der Waals surface area contributed by atoms with Gasteiger partial charge in [-0.05, 0) is 36.6 Å². The molecule has 2 aromatic carbocycles. The van der Waals surface area contributed by atoms with Crippen LogP contribution in [0.1, 0.15) is 18.1 Å². The monoisotopic (exact) mass is 456 g/mol. The number of aromatic nitrogens is 3. The zero-order valence-corrected chi connectivity index (χ0v) is 19.4. The van der Waals surface area contributed by atoms with E-state index in [1.807, 2.05) is 55.5 Å². The number of aromatic amines is 1. The molecule has 1 amide bonds. The molecule has 170 valence electrons. The average Bonchev–Trinajstić information content (AvgIpc) is 3.19. The minimum absolute atomic E-state index is 0.0302. The summed E-state index contributed by atoms with van der Waals surface area (Å²) in [6, 6.07) is 15.6. The Balaban J connectivity index is 1.61. The predicted molar refractivity (Wildman–Crippen MR) is 124 cm³/mol. The van der Waals surface area contributed by atoms with E-state index in [1.165, 1.54) is 11.8 Å². The molecule has 3 rings (SSSR count). The summed E-state index contributed by atoms with van der Waals surface area (Å²) in [5.41, 5.74) is 1.82. The molecule has 0 aliphatic carbocycles. The maximum atomic E-state index is 12.9. The van der Waals surface area contributed by atoms with Crippen molar-refractivity contribution in [3.8, 4) is 11.5 Å². The molecule has 0 unspecified atom stereocenters. The molecule has 0 bridgehead atoms. The molecule has 0 fully saturated rings. The summed E-state index contributed by atoms with van der Waals surface area (Å²) in [5, 5.41) is 7.10. The summed E-state index contributed by atoms with van der Waals surface area (Å²) in [6.07, 6.45) is 0.710. The van der Waals surface area contributed by atoms with Crippen LogP contribution < -0.4 is 15.2 Å². The van der Waals surface area contributed by atoms with E-state index in [0.717, 1.165) is 11.1 Å². The Morgan fingerprint density at radius 2 is 1.84 bits per heavy atom. The Hall–Kier alpha value is -3.20. The van der Waals surface area contributed by atoms with E-state index in [9.17, 15) is 9.59 Å². The van der Waals surface area contributed by atoms with Gasteiger partial charge in [-0.25, -0.2) is 9.89 Å². The lowest BCUT2D eigenvalue weighted by Gasteiger charge is -2.21. The summed E-state index contributed by atoms with van der Waals surface area (Å²) in [6.45, 7) is 3.46. The van der Waals surface area contributed by atoms with Crippen LogP contribution in [-0.4, -0.2) is 52.1 Å². The number of ether oxygens (including phenoxy) is 2.